The molecule has 7 nitrogen and oxygen atoms in total. The van der Waals surface area contributed by atoms with Gasteiger partial charge in [0.2, 0.25) is 11.7 Å². The van der Waals surface area contributed by atoms with E-state index in [-0.39, 0.29) is 18.9 Å². The van der Waals surface area contributed by atoms with E-state index in [9.17, 15) is 14.4 Å². The standard InChI is InChI=1S/C18H25N3O4/c1-3-5-16(22)18(24)19-13-17(23)21-10-8-20(9-11-21)14-6-4-7-15(12-14)25-2/h4,6-7,12H,3,5,8-11,13H2,1-2H3,(H,19,24). The van der Waals surface area contributed by atoms with Crippen LogP contribution in [0.5, 0.6) is 5.75 Å². The molecule has 2 rings (SSSR count). The molecule has 0 unspecified atom stereocenters. The van der Waals surface area contributed by atoms with E-state index in [1.807, 2.05) is 31.2 Å². The normalized spacial score (nSPS) is 14.2. The van der Waals surface area contributed by atoms with E-state index in [0.29, 0.717) is 32.6 Å². The van der Waals surface area contributed by atoms with Crippen molar-refractivity contribution in [2.75, 3.05) is 44.7 Å². The lowest BCUT2D eigenvalue weighted by atomic mass is 10.2. The lowest BCUT2D eigenvalue weighted by molar-refractivity contribution is -0.139. The van der Waals surface area contributed by atoms with Gasteiger partial charge in [0.25, 0.3) is 5.91 Å². The van der Waals surface area contributed by atoms with Crippen LogP contribution in [0.4, 0.5) is 5.69 Å². The first-order chi connectivity index (χ1) is 12.0. The van der Waals surface area contributed by atoms with E-state index >= 15 is 0 Å². The number of nitrogens with one attached hydrogen (secondary N) is 1. The molecule has 0 radical (unpaired) electrons. The lowest BCUT2D eigenvalue weighted by Gasteiger charge is -2.36. The monoisotopic (exact) mass is 347 g/mol. The number of ketones is 1. The Morgan fingerprint density at radius 1 is 1.16 bits per heavy atom. The third-order valence-corrected chi connectivity index (χ3v) is 4.18. The summed E-state index contributed by atoms with van der Waals surface area (Å²) in [6.07, 6.45) is 0.825. The molecule has 1 saturated heterocycles. The van der Waals surface area contributed by atoms with Crippen molar-refractivity contribution in [3.63, 3.8) is 0 Å². The zero-order valence-corrected chi connectivity index (χ0v) is 14.8. The van der Waals surface area contributed by atoms with Crippen molar-refractivity contribution in [2.24, 2.45) is 0 Å². The number of amides is 2. The van der Waals surface area contributed by atoms with E-state index in [2.05, 4.69) is 10.2 Å². The van der Waals surface area contributed by atoms with Crippen LogP contribution < -0.4 is 15.0 Å². The summed E-state index contributed by atoms with van der Waals surface area (Å²) in [6.45, 7) is 4.28. The zero-order valence-electron chi connectivity index (χ0n) is 14.8. The number of nitrogens with zero attached hydrogens (tertiary/aromatic N) is 2. The van der Waals surface area contributed by atoms with E-state index in [0.717, 1.165) is 11.4 Å². The summed E-state index contributed by atoms with van der Waals surface area (Å²) in [5.41, 5.74) is 1.06. The molecule has 0 bridgehead atoms. The molecule has 0 aromatic heterocycles. The number of Topliss-reactive ketones (excluding diaryl/α,β-unsaturated/α-hetero) is 1. The first-order valence-electron chi connectivity index (χ1n) is 8.53. The van der Waals surface area contributed by atoms with Crippen molar-refractivity contribution in [2.45, 2.75) is 19.8 Å². The lowest BCUT2D eigenvalue weighted by Crippen LogP contribution is -2.51. The van der Waals surface area contributed by atoms with Crippen LogP contribution in [-0.2, 0) is 14.4 Å². The van der Waals surface area contributed by atoms with Gasteiger partial charge in [0.1, 0.15) is 5.75 Å². The summed E-state index contributed by atoms with van der Waals surface area (Å²) in [5.74, 6) is -0.512. The Morgan fingerprint density at radius 2 is 1.88 bits per heavy atom. The molecular weight excluding hydrogens is 322 g/mol. The molecule has 0 atom stereocenters. The highest BCUT2D eigenvalue weighted by molar-refractivity contribution is 6.36. The molecule has 1 aromatic carbocycles. The Balaban J connectivity index is 1.80. The van der Waals surface area contributed by atoms with Gasteiger partial charge >= 0.3 is 0 Å². The Hall–Kier alpha value is -2.57. The summed E-state index contributed by atoms with van der Waals surface area (Å²) in [5, 5.41) is 2.41. The average molecular weight is 347 g/mol. The Morgan fingerprint density at radius 3 is 2.52 bits per heavy atom. The van der Waals surface area contributed by atoms with Crippen LogP contribution >= 0.6 is 0 Å². The minimum Gasteiger partial charge on any atom is -0.497 e. The molecule has 1 heterocycles. The molecular formula is C18H25N3O4. The first kappa shape index (κ1) is 18.8. The maximum Gasteiger partial charge on any atom is 0.287 e. The number of benzene rings is 1. The highest BCUT2D eigenvalue weighted by atomic mass is 16.5. The van der Waals surface area contributed by atoms with Crippen LogP contribution in [0.1, 0.15) is 19.8 Å². The van der Waals surface area contributed by atoms with Gasteiger partial charge in [0.05, 0.1) is 13.7 Å². The number of carbonyl (C=O) groups excluding carboxylic acids is 3. The van der Waals surface area contributed by atoms with Crippen LogP contribution in [0.25, 0.3) is 0 Å². The molecule has 0 saturated carbocycles. The van der Waals surface area contributed by atoms with E-state index in [4.69, 9.17) is 4.74 Å². The fourth-order valence-electron chi connectivity index (χ4n) is 2.73. The second kappa shape index (κ2) is 9.05. The van der Waals surface area contributed by atoms with Crippen molar-refractivity contribution in [3.05, 3.63) is 24.3 Å². The first-order valence-corrected chi connectivity index (χ1v) is 8.53. The molecule has 1 fully saturated rings. The van der Waals surface area contributed by atoms with E-state index in [1.165, 1.54) is 0 Å². The summed E-state index contributed by atoms with van der Waals surface area (Å²) < 4.78 is 5.24. The summed E-state index contributed by atoms with van der Waals surface area (Å²) in [7, 11) is 1.63. The zero-order chi connectivity index (χ0) is 18.2. The predicted molar refractivity (Wildman–Crippen MR) is 94.7 cm³/mol. The van der Waals surface area contributed by atoms with Gasteiger partial charge in [-0.15, -0.1) is 0 Å². The number of hydrogen-bond donors (Lipinski definition) is 1. The number of rotatable bonds is 7. The molecule has 1 aromatic rings. The van der Waals surface area contributed by atoms with Crippen LogP contribution in [0.3, 0.4) is 0 Å². The average Bonchev–Trinajstić information content (AvgIpc) is 2.66. The smallest absolute Gasteiger partial charge is 0.287 e. The number of carbonyl (C=O) groups is 3. The number of hydrogen-bond acceptors (Lipinski definition) is 5. The van der Waals surface area contributed by atoms with Gasteiger partial charge in [-0.1, -0.05) is 13.0 Å². The summed E-state index contributed by atoms with van der Waals surface area (Å²) >= 11 is 0. The van der Waals surface area contributed by atoms with Crippen molar-refractivity contribution in [3.8, 4) is 5.75 Å². The molecule has 0 aliphatic carbocycles. The van der Waals surface area contributed by atoms with Crippen molar-refractivity contribution >= 4 is 23.3 Å². The third-order valence-electron chi connectivity index (χ3n) is 4.18. The Bertz CT molecular complexity index is 625. The SMILES string of the molecule is CCCC(=O)C(=O)NCC(=O)N1CCN(c2cccc(OC)c2)CC1. The topological polar surface area (TPSA) is 79.0 Å². The van der Waals surface area contributed by atoms with Crippen LogP contribution in [0.2, 0.25) is 0 Å². The van der Waals surface area contributed by atoms with Gasteiger partial charge in [0.15, 0.2) is 0 Å². The number of piperazine rings is 1. The number of anilines is 1. The van der Waals surface area contributed by atoms with Gasteiger partial charge in [0, 0.05) is 44.4 Å². The Kier molecular flexibility index (Phi) is 6.80. The molecule has 1 N–H and O–H groups in total. The minimum atomic E-state index is -0.676. The molecule has 2 amide bonds. The van der Waals surface area contributed by atoms with E-state index in [1.54, 1.807) is 12.0 Å². The fourth-order valence-corrected chi connectivity index (χ4v) is 2.73. The van der Waals surface area contributed by atoms with Crippen LogP contribution in [-0.4, -0.2) is 62.3 Å². The molecule has 7 heteroatoms. The molecule has 25 heavy (non-hydrogen) atoms. The van der Waals surface area contributed by atoms with E-state index < -0.39 is 11.7 Å². The number of ether oxygens (including phenoxy) is 1. The fraction of sp³-hybridized carbons (Fsp3) is 0.500. The second-order valence-corrected chi connectivity index (χ2v) is 5.93. The number of methoxy groups -OCH3 is 1. The van der Waals surface area contributed by atoms with Crippen LogP contribution in [0, 0.1) is 0 Å². The molecule has 1 aliphatic heterocycles. The Labute approximate surface area is 147 Å². The van der Waals surface area contributed by atoms with Crippen LogP contribution in [0.15, 0.2) is 24.3 Å². The molecule has 0 spiro atoms. The highest BCUT2D eigenvalue weighted by Crippen LogP contribution is 2.22. The van der Waals surface area contributed by atoms with Crippen molar-refractivity contribution < 1.29 is 19.1 Å². The maximum absolute atomic E-state index is 12.2. The van der Waals surface area contributed by atoms with Gasteiger partial charge in [-0.25, -0.2) is 0 Å². The quantitative estimate of drug-likeness (QED) is 0.739. The summed E-state index contributed by atoms with van der Waals surface area (Å²) in [4.78, 5) is 39.1. The highest BCUT2D eigenvalue weighted by Gasteiger charge is 2.22. The molecule has 1 aliphatic rings. The van der Waals surface area contributed by atoms with Gasteiger partial charge < -0.3 is 19.9 Å². The third kappa shape index (κ3) is 5.20. The molecule has 136 valence electrons. The van der Waals surface area contributed by atoms with Gasteiger partial charge in [-0.05, 0) is 18.6 Å². The second-order valence-electron chi connectivity index (χ2n) is 5.93. The minimum absolute atomic E-state index is 0.132. The summed E-state index contributed by atoms with van der Waals surface area (Å²) in [6, 6.07) is 7.82. The predicted octanol–water partition coefficient (Wildman–Crippen LogP) is 0.829. The largest absolute Gasteiger partial charge is 0.497 e. The van der Waals surface area contributed by atoms with Crippen molar-refractivity contribution in [1.29, 1.82) is 0 Å². The van der Waals surface area contributed by atoms with Gasteiger partial charge in [-0.3, -0.25) is 14.4 Å². The maximum atomic E-state index is 12.2. The van der Waals surface area contributed by atoms with Gasteiger partial charge in [-0.2, -0.15) is 0 Å². The van der Waals surface area contributed by atoms with Crippen molar-refractivity contribution in [1.82, 2.24) is 10.2 Å².